The largest absolute Gasteiger partial charge is 0.365 e. The Balaban J connectivity index is 1.91. The Morgan fingerprint density at radius 3 is 2.50 bits per heavy atom. The summed E-state index contributed by atoms with van der Waals surface area (Å²) in [6.45, 7) is 6.02. The highest BCUT2D eigenvalue weighted by molar-refractivity contribution is 5.88. The van der Waals surface area contributed by atoms with Crippen LogP contribution in [0.15, 0.2) is 41.5 Å². The van der Waals surface area contributed by atoms with Gasteiger partial charge in [0, 0.05) is 29.9 Å². The fourth-order valence-electron chi connectivity index (χ4n) is 3.34. The van der Waals surface area contributed by atoms with E-state index >= 15 is 0 Å². The van der Waals surface area contributed by atoms with Crippen LogP contribution in [0, 0.1) is 26.0 Å². The van der Waals surface area contributed by atoms with Gasteiger partial charge in [-0.2, -0.15) is 5.10 Å². The fraction of sp³-hybridized carbons (Fsp3) is 0.250. The summed E-state index contributed by atoms with van der Waals surface area (Å²) in [7, 11) is 1.89. The van der Waals surface area contributed by atoms with E-state index in [-0.39, 0.29) is 16.8 Å². The van der Waals surface area contributed by atoms with Crippen LogP contribution in [-0.4, -0.2) is 28.6 Å². The summed E-state index contributed by atoms with van der Waals surface area (Å²) in [5, 5.41) is 25.9. The molecule has 0 unspecified atom stereocenters. The summed E-state index contributed by atoms with van der Waals surface area (Å²) < 4.78 is 14.7. The summed E-state index contributed by atoms with van der Waals surface area (Å²) in [6.07, 6.45) is 3.31. The first kappa shape index (κ1) is 20.9. The number of likely N-dealkylation sites (N-methyl/N-ethyl adjacent to an activating group) is 1. The molecule has 156 valence electrons. The zero-order valence-electron chi connectivity index (χ0n) is 16.8. The molecule has 1 aliphatic rings. The van der Waals surface area contributed by atoms with Crippen molar-refractivity contribution in [3.63, 3.8) is 0 Å². The van der Waals surface area contributed by atoms with Crippen LogP contribution in [0.1, 0.15) is 31.9 Å². The second-order valence-corrected chi connectivity index (χ2v) is 7.52. The molecule has 0 bridgehead atoms. The first-order valence-corrected chi connectivity index (χ1v) is 9.00. The third-order valence-corrected chi connectivity index (χ3v) is 5.11. The van der Waals surface area contributed by atoms with Crippen molar-refractivity contribution in [2.75, 3.05) is 17.4 Å². The lowest BCUT2D eigenvalue weighted by Gasteiger charge is -2.40. The molecule has 0 amide bonds. The topological polar surface area (TPSA) is 114 Å². The van der Waals surface area contributed by atoms with E-state index in [4.69, 9.17) is 0 Å². The van der Waals surface area contributed by atoms with E-state index in [1.165, 1.54) is 18.3 Å². The van der Waals surface area contributed by atoms with Crippen LogP contribution < -0.4 is 10.3 Å². The number of nitrogens with zero attached hydrogens (tertiary/aromatic N) is 4. The van der Waals surface area contributed by atoms with E-state index in [0.29, 0.717) is 0 Å². The van der Waals surface area contributed by atoms with Gasteiger partial charge in [-0.15, -0.1) is 0 Å². The molecule has 0 radical (unpaired) electrons. The minimum absolute atomic E-state index is 0.0437. The SMILES string of the molecule is CC1=CC(C)(C)N(C)c2cc(F)c(/C=N\Nc3ccc([N+](=O)[O-])cc3[N+](=O)[O-])cc21. The van der Waals surface area contributed by atoms with E-state index in [1.807, 2.05) is 32.7 Å². The number of hydrazone groups is 1. The summed E-state index contributed by atoms with van der Waals surface area (Å²) in [5.74, 6) is -0.491. The Labute approximate surface area is 171 Å². The maximum Gasteiger partial charge on any atom is 0.301 e. The highest BCUT2D eigenvalue weighted by Crippen LogP contribution is 2.38. The number of nitro benzene ring substituents is 2. The molecule has 0 saturated carbocycles. The molecular weight excluding hydrogens is 393 g/mol. The van der Waals surface area contributed by atoms with Gasteiger partial charge in [0.2, 0.25) is 0 Å². The number of hydrogen-bond donors (Lipinski definition) is 1. The number of rotatable bonds is 5. The first-order chi connectivity index (χ1) is 14.0. The molecule has 0 saturated heterocycles. The Bertz CT molecular complexity index is 1110. The summed E-state index contributed by atoms with van der Waals surface area (Å²) in [6, 6.07) is 6.24. The van der Waals surface area contributed by atoms with Crippen molar-refractivity contribution in [3.05, 3.63) is 73.6 Å². The Morgan fingerprint density at radius 2 is 1.87 bits per heavy atom. The Hall–Kier alpha value is -3.82. The molecule has 2 aromatic carbocycles. The fourth-order valence-corrected chi connectivity index (χ4v) is 3.34. The van der Waals surface area contributed by atoms with Crippen molar-refractivity contribution in [3.8, 4) is 0 Å². The number of benzene rings is 2. The smallest absolute Gasteiger partial charge is 0.301 e. The van der Waals surface area contributed by atoms with Gasteiger partial charge in [0.25, 0.3) is 5.69 Å². The molecule has 0 atom stereocenters. The van der Waals surface area contributed by atoms with Crippen molar-refractivity contribution in [1.82, 2.24) is 0 Å². The molecule has 0 aliphatic carbocycles. The minimum atomic E-state index is -0.754. The Morgan fingerprint density at radius 1 is 1.17 bits per heavy atom. The molecule has 0 fully saturated rings. The van der Waals surface area contributed by atoms with E-state index < -0.39 is 27.0 Å². The van der Waals surface area contributed by atoms with Crippen LogP contribution in [0.3, 0.4) is 0 Å². The lowest BCUT2D eigenvalue weighted by Crippen LogP contribution is -2.42. The second kappa shape index (κ2) is 7.54. The van der Waals surface area contributed by atoms with Crippen LogP contribution in [0.5, 0.6) is 0 Å². The molecule has 10 heteroatoms. The number of nitrogens with one attached hydrogen (secondary N) is 1. The van der Waals surface area contributed by atoms with Crippen molar-refractivity contribution < 1.29 is 14.2 Å². The molecule has 1 N–H and O–H groups in total. The predicted octanol–water partition coefficient (Wildman–Crippen LogP) is 4.72. The number of nitro groups is 2. The average Bonchev–Trinajstić information content (AvgIpc) is 2.66. The maximum absolute atomic E-state index is 14.7. The molecule has 9 nitrogen and oxygen atoms in total. The first-order valence-electron chi connectivity index (χ1n) is 9.00. The molecule has 2 aromatic rings. The number of anilines is 2. The number of halogens is 1. The number of allylic oxidation sites excluding steroid dienone is 1. The van der Waals surface area contributed by atoms with Gasteiger partial charge in [-0.05, 0) is 44.5 Å². The molecule has 0 spiro atoms. The lowest BCUT2D eigenvalue weighted by molar-refractivity contribution is -0.393. The van der Waals surface area contributed by atoms with Crippen LogP contribution in [-0.2, 0) is 0 Å². The quantitative estimate of drug-likeness (QED) is 0.431. The lowest BCUT2D eigenvalue weighted by atomic mass is 9.88. The van der Waals surface area contributed by atoms with E-state index in [2.05, 4.69) is 16.6 Å². The van der Waals surface area contributed by atoms with Crippen molar-refractivity contribution >= 4 is 34.5 Å². The summed E-state index contributed by atoms with van der Waals surface area (Å²) >= 11 is 0. The van der Waals surface area contributed by atoms with Gasteiger partial charge >= 0.3 is 5.69 Å². The molecule has 3 rings (SSSR count). The van der Waals surface area contributed by atoms with Gasteiger partial charge in [0.1, 0.15) is 11.5 Å². The van der Waals surface area contributed by atoms with Crippen LogP contribution in [0.4, 0.5) is 27.1 Å². The van der Waals surface area contributed by atoms with Gasteiger partial charge in [0.05, 0.1) is 27.7 Å². The molecular formula is C20H20FN5O4. The Kier molecular flexibility index (Phi) is 5.26. The molecule has 30 heavy (non-hydrogen) atoms. The zero-order valence-corrected chi connectivity index (χ0v) is 16.8. The third-order valence-electron chi connectivity index (χ3n) is 5.11. The van der Waals surface area contributed by atoms with E-state index in [0.717, 1.165) is 29.0 Å². The van der Waals surface area contributed by atoms with Crippen molar-refractivity contribution in [2.24, 2.45) is 5.10 Å². The van der Waals surface area contributed by atoms with Crippen LogP contribution >= 0.6 is 0 Å². The molecule has 1 aliphatic heterocycles. The third kappa shape index (κ3) is 3.84. The van der Waals surface area contributed by atoms with Gasteiger partial charge in [-0.1, -0.05) is 6.08 Å². The summed E-state index contributed by atoms with van der Waals surface area (Å²) in [5.41, 5.74) is 4.07. The summed E-state index contributed by atoms with van der Waals surface area (Å²) in [4.78, 5) is 22.5. The maximum atomic E-state index is 14.7. The minimum Gasteiger partial charge on any atom is -0.365 e. The molecule has 0 aromatic heterocycles. The monoisotopic (exact) mass is 413 g/mol. The number of non-ortho nitro benzene ring substituents is 1. The van der Waals surface area contributed by atoms with E-state index in [9.17, 15) is 24.6 Å². The van der Waals surface area contributed by atoms with Crippen LogP contribution in [0.25, 0.3) is 5.57 Å². The number of hydrogen-bond acceptors (Lipinski definition) is 7. The highest BCUT2D eigenvalue weighted by atomic mass is 19.1. The standard InChI is InChI=1S/C20H20FN5O4/c1-12-10-20(2,3)24(4)18-9-16(21)13(7-15(12)18)11-22-23-17-6-5-14(25(27)28)8-19(17)26(29)30/h5-11,23H,1-4H3/b22-11-. The molecule has 1 heterocycles. The van der Waals surface area contributed by atoms with Crippen molar-refractivity contribution in [2.45, 2.75) is 26.3 Å². The van der Waals surface area contributed by atoms with Crippen LogP contribution in [0.2, 0.25) is 0 Å². The highest BCUT2D eigenvalue weighted by Gasteiger charge is 2.29. The number of fused-ring (bicyclic) bond motifs is 1. The zero-order chi connectivity index (χ0) is 22.2. The predicted molar refractivity (Wildman–Crippen MR) is 114 cm³/mol. The van der Waals surface area contributed by atoms with Gasteiger partial charge < -0.3 is 4.90 Å². The van der Waals surface area contributed by atoms with Gasteiger partial charge in [-0.25, -0.2) is 4.39 Å². The van der Waals surface area contributed by atoms with Crippen molar-refractivity contribution in [1.29, 1.82) is 0 Å². The normalized spacial score (nSPS) is 15.0. The van der Waals surface area contributed by atoms with Gasteiger partial charge in [-0.3, -0.25) is 25.7 Å². The average molecular weight is 413 g/mol. The van der Waals surface area contributed by atoms with E-state index in [1.54, 1.807) is 6.07 Å². The second-order valence-electron chi connectivity index (χ2n) is 7.52. The van der Waals surface area contributed by atoms with Gasteiger partial charge in [0.15, 0.2) is 0 Å².